The third kappa shape index (κ3) is 5.63. The number of allylic oxidation sites excluding steroid dienone is 1. The summed E-state index contributed by atoms with van der Waals surface area (Å²) in [5, 5.41) is 2.19. The molecule has 2 aromatic carbocycles. The molecule has 6 rings (SSSR count). The summed E-state index contributed by atoms with van der Waals surface area (Å²) in [4.78, 5) is 68.5. The molecule has 0 radical (unpaired) electrons. The predicted octanol–water partition coefficient (Wildman–Crippen LogP) is 3.65. The van der Waals surface area contributed by atoms with Crippen molar-refractivity contribution in [2.75, 3.05) is 32.7 Å². The lowest BCUT2D eigenvalue weighted by molar-refractivity contribution is -0.136. The van der Waals surface area contributed by atoms with Gasteiger partial charge in [-0.2, -0.15) is 0 Å². The molecule has 9 nitrogen and oxygen atoms in total. The van der Waals surface area contributed by atoms with Gasteiger partial charge in [0.25, 0.3) is 17.7 Å². The van der Waals surface area contributed by atoms with Crippen molar-refractivity contribution in [1.82, 2.24) is 20.0 Å². The van der Waals surface area contributed by atoms with Crippen LogP contribution in [0.2, 0.25) is 0 Å². The van der Waals surface area contributed by atoms with Crippen LogP contribution in [0.15, 0.2) is 48.0 Å². The number of nitrogens with one attached hydrogen (secondary N) is 1. The van der Waals surface area contributed by atoms with E-state index in [9.17, 15) is 28.4 Å². The van der Waals surface area contributed by atoms with E-state index in [0.717, 1.165) is 36.3 Å². The second kappa shape index (κ2) is 11.1. The second-order valence-electron chi connectivity index (χ2n) is 12.7. The first-order chi connectivity index (χ1) is 20.5. The zero-order chi connectivity index (χ0) is 30.5. The van der Waals surface area contributed by atoms with Crippen LogP contribution in [0.4, 0.5) is 4.39 Å². The number of fused-ring (bicyclic) bond motifs is 1. The van der Waals surface area contributed by atoms with E-state index in [1.54, 1.807) is 11.0 Å². The van der Waals surface area contributed by atoms with Crippen LogP contribution in [0.1, 0.15) is 82.6 Å². The van der Waals surface area contributed by atoms with Gasteiger partial charge in [-0.1, -0.05) is 31.6 Å². The Balaban J connectivity index is 1.12. The Kier molecular flexibility index (Phi) is 7.50. The molecular weight excluding hydrogens is 551 g/mol. The topological polar surface area (TPSA) is 107 Å². The Labute approximate surface area is 249 Å². The summed E-state index contributed by atoms with van der Waals surface area (Å²) in [5.41, 5.74) is 4.47. The molecule has 0 spiro atoms. The lowest BCUT2D eigenvalue weighted by Gasteiger charge is -2.38. The van der Waals surface area contributed by atoms with E-state index in [-0.39, 0.29) is 41.1 Å². The smallest absolute Gasteiger partial charge is 0.262 e. The lowest BCUT2D eigenvalue weighted by atomic mass is 9.72. The van der Waals surface area contributed by atoms with E-state index in [0.29, 0.717) is 31.7 Å². The molecule has 0 saturated carbocycles. The Morgan fingerprint density at radius 3 is 2.33 bits per heavy atom. The second-order valence-corrected chi connectivity index (χ2v) is 12.7. The first kappa shape index (κ1) is 28.9. The van der Waals surface area contributed by atoms with Crippen molar-refractivity contribution in [3.05, 3.63) is 76.1 Å². The Morgan fingerprint density at radius 2 is 1.63 bits per heavy atom. The fourth-order valence-electron chi connectivity index (χ4n) is 6.63. The molecule has 5 amide bonds. The predicted molar refractivity (Wildman–Crippen MR) is 156 cm³/mol. The summed E-state index contributed by atoms with van der Waals surface area (Å²) in [5.74, 6) is -2.78. The minimum atomic E-state index is -1.05. The van der Waals surface area contributed by atoms with Gasteiger partial charge in [-0.15, -0.1) is 0 Å². The molecule has 1 N–H and O–H groups in total. The van der Waals surface area contributed by atoms with E-state index >= 15 is 0 Å². The highest BCUT2D eigenvalue weighted by Crippen LogP contribution is 2.43. The highest BCUT2D eigenvalue weighted by Gasteiger charge is 2.45. The molecule has 0 aromatic heterocycles. The van der Waals surface area contributed by atoms with Crippen molar-refractivity contribution < 1.29 is 28.4 Å². The molecule has 3 heterocycles. The minimum Gasteiger partial charge on any atom is -0.336 e. The molecule has 4 aliphatic rings. The number of piperazine rings is 1. The summed E-state index contributed by atoms with van der Waals surface area (Å²) < 4.78 is 13.6. The van der Waals surface area contributed by atoms with E-state index < -0.39 is 29.7 Å². The molecule has 2 aromatic rings. The number of piperidine rings is 1. The molecule has 2 fully saturated rings. The van der Waals surface area contributed by atoms with Gasteiger partial charge in [-0.05, 0) is 72.6 Å². The molecule has 1 unspecified atom stereocenters. The van der Waals surface area contributed by atoms with Crippen LogP contribution >= 0.6 is 0 Å². The summed E-state index contributed by atoms with van der Waals surface area (Å²) in [7, 11) is 0. The van der Waals surface area contributed by atoms with Crippen LogP contribution in [-0.2, 0) is 9.59 Å². The monoisotopic (exact) mass is 586 g/mol. The number of carbonyl (C=O) groups is 5. The van der Waals surface area contributed by atoms with Crippen molar-refractivity contribution in [2.24, 2.45) is 5.41 Å². The molecule has 0 bridgehead atoms. The maximum absolute atomic E-state index is 13.6. The number of rotatable bonds is 5. The number of imide groups is 2. The number of amides is 5. The van der Waals surface area contributed by atoms with Crippen molar-refractivity contribution in [3.8, 4) is 0 Å². The number of carbonyl (C=O) groups excluding carboxylic acids is 5. The first-order valence-electron chi connectivity index (χ1n) is 14.8. The molecule has 2 saturated heterocycles. The van der Waals surface area contributed by atoms with Gasteiger partial charge in [-0.25, -0.2) is 4.39 Å². The zero-order valence-electron chi connectivity index (χ0n) is 24.5. The summed E-state index contributed by atoms with van der Waals surface area (Å²) in [6, 6.07) is 10.2. The maximum atomic E-state index is 13.6. The Hall–Kier alpha value is -4.18. The molecule has 1 aliphatic carbocycles. The Morgan fingerprint density at radius 1 is 0.930 bits per heavy atom. The Bertz CT molecular complexity index is 1560. The van der Waals surface area contributed by atoms with Gasteiger partial charge in [0.2, 0.25) is 11.8 Å². The van der Waals surface area contributed by atoms with Crippen LogP contribution < -0.4 is 5.32 Å². The first-order valence-corrected chi connectivity index (χ1v) is 14.8. The average Bonchev–Trinajstić information content (AvgIpc) is 3.23. The number of halogens is 1. The summed E-state index contributed by atoms with van der Waals surface area (Å²) >= 11 is 0. The molecular formula is C33H35FN4O5. The third-order valence-electron chi connectivity index (χ3n) is 9.14. The zero-order valence-corrected chi connectivity index (χ0v) is 24.5. The normalized spacial score (nSPS) is 22.6. The van der Waals surface area contributed by atoms with Gasteiger partial charge in [-0.3, -0.25) is 39.1 Å². The van der Waals surface area contributed by atoms with Crippen LogP contribution in [-0.4, -0.2) is 83.0 Å². The SMILES string of the molecule is CC1(C)CCC(CN2CCN(C(=O)c3ccc4c(c3)C(=O)N(C3CCC(=O)NC3=O)C4=O)CC2)=C(c2ccc(F)cc2)C1. The fourth-order valence-corrected chi connectivity index (χ4v) is 6.63. The van der Waals surface area contributed by atoms with Crippen molar-refractivity contribution in [1.29, 1.82) is 0 Å². The van der Waals surface area contributed by atoms with Gasteiger partial charge < -0.3 is 4.90 Å². The summed E-state index contributed by atoms with van der Waals surface area (Å²) in [6.45, 7) is 7.78. The standard InChI is InChI=1S/C33H35FN4O5/c1-33(2)12-11-22(26(18-33)20-3-6-23(34)7-4-20)19-36-13-15-37(16-14-36)30(41)21-5-8-24-25(17-21)32(43)38(31(24)42)27-9-10-28(39)35-29(27)40/h3-8,17,27H,9-16,18-19H2,1-2H3,(H,35,39,40). The van der Waals surface area contributed by atoms with E-state index in [1.165, 1.54) is 35.4 Å². The van der Waals surface area contributed by atoms with E-state index in [4.69, 9.17) is 0 Å². The van der Waals surface area contributed by atoms with Crippen molar-refractivity contribution >= 4 is 35.1 Å². The number of benzene rings is 2. The fraction of sp³-hybridized carbons (Fsp3) is 0.424. The van der Waals surface area contributed by atoms with Crippen molar-refractivity contribution in [2.45, 2.75) is 52.0 Å². The quantitative estimate of drug-likeness (QED) is 0.537. The number of hydrogen-bond acceptors (Lipinski definition) is 6. The molecule has 224 valence electrons. The lowest BCUT2D eigenvalue weighted by Crippen LogP contribution is -2.54. The van der Waals surface area contributed by atoms with Crippen LogP contribution in [0.3, 0.4) is 0 Å². The molecule has 1 atom stereocenters. The highest BCUT2D eigenvalue weighted by atomic mass is 19.1. The van der Waals surface area contributed by atoms with Crippen molar-refractivity contribution in [3.63, 3.8) is 0 Å². The van der Waals surface area contributed by atoms with Gasteiger partial charge in [0, 0.05) is 44.7 Å². The van der Waals surface area contributed by atoms with E-state index in [2.05, 4.69) is 24.1 Å². The van der Waals surface area contributed by atoms with E-state index in [1.807, 2.05) is 12.1 Å². The minimum absolute atomic E-state index is 0.0440. The van der Waals surface area contributed by atoms with Crippen LogP contribution in [0.25, 0.3) is 5.57 Å². The molecule has 43 heavy (non-hydrogen) atoms. The largest absolute Gasteiger partial charge is 0.336 e. The highest BCUT2D eigenvalue weighted by molar-refractivity contribution is 6.24. The number of hydrogen-bond donors (Lipinski definition) is 1. The molecule has 10 heteroatoms. The maximum Gasteiger partial charge on any atom is 0.262 e. The molecule has 3 aliphatic heterocycles. The van der Waals surface area contributed by atoms with Crippen LogP contribution in [0.5, 0.6) is 0 Å². The van der Waals surface area contributed by atoms with Gasteiger partial charge in [0.15, 0.2) is 0 Å². The van der Waals surface area contributed by atoms with Gasteiger partial charge in [0.1, 0.15) is 11.9 Å². The number of nitrogens with zero attached hydrogens (tertiary/aromatic N) is 3. The van der Waals surface area contributed by atoms with Gasteiger partial charge in [0.05, 0.1) is 11.1 Å². The third-order valence-corrected chi connectivity index (χ3v) is 9.14. The summed E-state index contributed by atoms with van der Waals surface area (Å²) in [6.07, 6.45) is 3.13. The average molecular weight is 587 g/mol. The van der Waals surface area contributed by atoms with Gasteiger partial charge >= 0.3 is 0 Å². The van der Waals surface area contributed by atoms with Crippen LogP contribution in [0, 0.1) is 11.2 Å².